The van der Waals surface area contributed by atoms with Gasteiger partial charge >= 0.3 is 0 Å². The van der Waals surface area contributed by atoms with Gasteiger partial charge in [-0.3, -0.25) is 0 Å². The highest BCUT2D eigenvalue weighted by molar-refractivity contribution is 5.56. The lowest BCUT2D eigenvalue weighted by Gasteiger charge is -2.27. The Balaban J connectivity index is 2.42. The largest absolute Gasteiger partial charge is 0.393 e. The summed E-state index contributed by atoms with van der Waals surface area (Å²) >= 11 is 0. The maximum absolute atomic E-state index is 10.2. The minimum atomic E-state index is -0.515. The molecule has 3 N–H and O–H groups in total. The zero-order chi connectivity index (χ0) is 7.56. The zero-order valence-corrected chi connectivity index (χ0v) is 5.56. The monoisotopic (exact) mass is 145 g/mol. The Morgan fingerprint density at radius 1 is 1.60 bits per heavy atom. The van der Waals surface area contributed by atoms with Gasteiger partial charge in [-0.05, 0) is 0 Å². The lowest BCUT2D eigenvalue weighted by atomic mass is 10.1. The molecule has 10 heavy (non-hydrogen) atoms. The normalized spacial score (nSPS) is 41.2. The molecule has 1 aliphatic rings. The molecule has 0 bridgehead atoms. The van der Waals surface area contributed by atoms with Gasteiger partial charge in [-0.2, -0.15) is 0 Å². The van der Waals surface area contributed by atoms with Crippen LogP contribution in [0, 0.1) is 0 Å². The fourth-order valence-corrected chi connectivity index (χ4v) is 1.06. The van der Waals surface area contributed by atoms with Crippen molar-refractivity contribution in [2.24, 2.45) is 5.73 Å². The minimum absolute atomic E-state index is 0.372. The summed E-state index contributed by atoms with van der Waals surface area (Å²) in [7, 11) is 0. The van der Waals surface area contributed by atoms with E-state index in [0.717, 1.165) is 0 Å². The number of nitrogens with two attached hydrogens (primary N) is 1. The highest BCUT2D eigenvalue weighted by Crippen LogP contribution is 2.14. The van der Waals surface area contributed by atoms with Crippen molar-refractivity contribution in [2.45, 2.75) is 31.3 Å². The van der Waals surface area contributed by atoms with E-state index in [1.165, 1.54) is 0 Å². The Kier molecular flexibility index (Phi) is 2.37. The second kappa shape index (κ2) is 3.09. The van der Waals surface area contributed by atoms with Crippen molar-refractivity contribution in [1.82, 2.24) is 0 Å². The molecular weight excluding hydrogens is 134 g/mol. The Morgan fingerprint density at radius 2 is 2.30 bits per heavy atom. The number of rotatable bonds is 1. The molecule has 0 aromatic heterocycles. The standard InChI is InChI=1S/C6H11NO3/c7-6-2-4(9)1-5(3-8)10-6/h3-6,9H,1-2,7H2/t4-,5-,6+/m0/s1. The molecule has 0 saturated carbocycles. The van der Waals surface area contributed by atoms with Crippen molar-refractivity contribution in [3.8, 4) is 0 Å². The van der Waals surface area contributed by atoms with Gasteiger partial charge in [0.1, 0.15) is 18.6 Å². The topological polar surface area (TPSA) is 72.5 Å². The van der Waals surface area contributed by atoms with Crippen molar-refractivity contribution in [3.63, 3.8) is 0 Å². The molecule has 1 rings (SSSR count). The SMILES string of the molecule is N[C@H]1C[C@@H](O)C[C@@H](C=O)O1. The third-order valence-corrected chi connectivity index (χ3v) is 1.51. The molecule has 0 radical (unpaired) electrons. The Hall–Kier alpha value is -0.450. The lowest BCUT2D eigenvalue weighted by Crippen LogP contribution is -2.41. The molecule has 4 nitrogen and oxygen atoms in total. The van der Waals surface area contributed by atoms with Crippen LogP contribution in [0.15, 0.2) is 0 Å². The van der Waals surface area contributed by atoms with Crippen LogP contribution in [-0.2, 0) is 9.53 Å². The fraction of sp³-hybridized carbons (Fsp3) is 0.833. The summed E-state index contributed by atoms with van der Waals surface area (Å²) in [6.45, 7) is 0. The van der Waals surface area contributed by atoms with Gasteiger partial charge in [0.05, 0.1) is 6.10 Å². The van der Waals surface area contributed by atoms with E-state index in [1.807, 2.05) is 0 Å². The fourth-order valence-electron chi connectivity index (χ4n) is 1.06. The Labute approximate surface area is 59.0 Å². The molecule has 0 spiro atoms. The number of carbonyl (C=O) groups excluding carboxylic acids is 1. The van der Waals surface area contributed by atoms with Crippen LogP contribution in [0.5, 0.6) is 0 Å². The first kappa shape index (κ1) is 7.65. The maximum atomic E-state index is 10.2. The van der Waals surface area contributed by atoms with Crippen LogP contribution in [0.3, 0.4) is 0 Å². The van der Waals surface area contributed by atoms with Gasteiger partial charge in [-0.25, -0.2) is 0 Å². The number of ether oxygens (including phenoxy) is 1. The van der Waals surface area contributed by atoms with Crippen LogP contribution in [0.2, 0.25) is 0 Å². The molecule has 0 aromatic rings. The van der Waals surface area contributed by atoms with E-state index in [1.54, 1.807) is 0 Å². The number of aliphatic hydroxyl groups is 1. The first-order chi connectivity index (χ1) is 4.72. The zero-order valence-electron chi connectivity index (χ0n) is 5.56. The van der Waals surface area contributed by atoms with E-state index in [4.69, 9.17) is 15.6 Å². The number of hydrogen-bond donors (Lipinski definition) is 2. The molecule has 0 aromatic carbocycles. The molecule has 1 aliphatic heterocycles. The smallest absolute Gasteiger partial charge is 0.148 e. The highest BCUT2D eigenvalue weighted by Gasteiger charge is 2.25. The van der Waals surface area contributed by atoms with Crippen LogP contribution in [0.25, 0.3) is 0 Å². The maximum Gasteiger partial charge on any atom is 0.148 e. The van der Waals surface area contributed by atoms with Crippen molar-refractivity contribution < 1.29 is 14.6 Å². The van der Waals surface area contributed by atoms with Gasteiger partial charge in [-0.1, -0.05) is 0 Å². The van der Waals surface area contributed by atoms with E-state index >= 15 is 0 Å². The molecule has 1 heterocycles. The summed E-state index contributed by atoms with van der Waals surface area (Å²) < 4.78 is 4.96. The summed E-state index contributed by atoms with van der Waals surface area (Å²) in [5.74, 6) is 0. The third kappa shape index (κ3) is 1.76. The van der Waals surface area contributed by atoms with Gasteiger partial charge < -0.3 is 20.4 Å². The molecule has 1 fully saturated rings. The average molecular weight is 145 g/mol. The van der Waals surface area contributed by atoms with Crippen molar-refractivity contribution in [2.75, 3.05) is 0 Å². The summed E-state index contributed by atoms with van der Waals surface area (Å²) in [6.07, 6.45) is -0.0271. The number of aliphatic hydroxyl groups excluding tert-OH is 1. The minimum Gasteiger partial charge on any atom is -0.393 e. The first-order valence-electron chi connectivity index (χ1n) is 3.26. The van der Waals surface area contributed by atoms with Crippen molar-refractivity contribution in [3.05, 3.63) is 0 Å². The second-order valence-electron chi connectivity index (χ2n) is 2.47. The predicted molar refractivity (Wildman–Crippen MR) is 34.2 cm³/mol. The molecule has 58 valence electrons. The lowest BCUT2D eigenvalue weighted by molar-refractivity contribution is -0.134. The van der Waals surface area contributed by atoms with E-state index in [9.17, 15) is 4.79 Å². The molecule has 4 heteroatoms. The number of hydrogen-bond acceptors (Lipinski definition) is 4. The molecule has 0 unspecified atom stereocenters. The summed E-state index contributed by atoms with van der Waals surface area (Å²) in [5, 5.41) is 9.06. The first-order valence-corrected chi connectivity index (χ1v) is 3.26. The van der Waals surface area contributed by atoms with Crippen LogP contribution >= 0.6 is 0 Å². The quantitative estimate of drug-likeness (QED) is 0.465. The summed E-state index contributed by atoms with van der Waals surface area (Å²) in [4.78, 5) is 10.2. The van der Waals surface area contributed by atoms with Crippen LogP contribution in [-0.4, -0.2) is 29.8 Å². The van der Waals surface area contributed by atoms with E-state index in [-0.39, 0.29) is 0 Å². The molecular formula is C6H11NO3. The van der Waals surface area contributed by atoms with Gasteiger partial charge in [0, 0.05) is 12.8 Å². The Bertz CT molecular complexity index is 118. The van der Waals surface area contributed by atoms with Crippen LogP contribution in [0.4, 0.5) is 0 Å². The van der Waals surface area contributed by atoms with Gasteiger partial charge in [0.25, 0.3) is 0 Å². The van der Waals surface area contributed by atoms with E-state index in [0.29, 0.717) is 19.1 Å². The van der Waals surface area contributed by atoms with Crippen LogP contribution in [0.1, 0.15) is 12.8 Å². The molecule has 1 saturated heterocycles. The van der Waals surface area contributed by atoms with E-state index in [2.05, 4.69) is 0 Å². The molecule has 0 aliphatic carbocycles. The van der Waals surface area contributed by atoms with Crippen LogP contribution < -0.4 is 5.73 Å². The summed E-state index contributed by atoms with van der Waals surface area (Å²) in [6, 6.07) is 0. The number of carbonyl (C=O) groups is 1. The average Bonchev–Trinajstić information content (AvgIpc) is 1.85. The third-order valence-electron chi connectivity index (χ3n) is 1.51. The van der Waals surface area contributed by atoms with E-state index < -0.39 is 18.4 Å². The van der Waals surface area contributed by atoms with Crippen molar-refractivity contribution >= 4 is 6.29 Å². The molecule has 3 atom stereocenters. The summed E-state index contributed by atoms with van der Waals surface area (Å²) in [5.41, 5.74) is 5.35. The second-order valence-corrected chi connectivity index (χ2v) is 2.47. The highest BCUT2D eigenvalue weighted by atomic mass is 16.5. The van der Waals surface area contributed by atoms with Crippen molar-refractivity contribution in [1.29, 1.82) is 0 Å². The van der Waals surface area contributed by atoms with Gasteiger partial charge in [-0.15, -0.1) is 0 Å². The number of aldehydes is 1. The van der Waals surface area contributed by atoms with Gasteiger partial charge in [0.15, 0.2) is 0 Å². The Morgan fingerprint density at radius 3 is 2.80 bits per heavy atom. The predicted octanol–water partition coefficient (Wildman–Crippen LogP) is -0.990. The molecule has 0 amide bonds. The van der Waals surface area contributed by atoms with Gasteiger partial charge in [0.2, 0.25) is 0 Å².